The number of aromatic nitrogens is 3. The highest BCUT2D eigenvalue weighted by Gasteiger charge is 2.14. The molecule has 0 aliphatic rings. The maximum atomic E-state index is 11.8. The van der Waals surface area contributed by atoms with E-state index in [1.165, 1.54) is 36.3 Å². The van der Waals surface area contributed by atoms with Crippen molar-refractivity contribution < 1.29 is 19.4 Å². The lowest BCUT2D eigenvalue weighted by Gasteiger charge is -2.10. The van der Waals surface area contributed by atoms with E-state index in [-0.39, 0.29) is 17.8 Å². The number of carbonyl (C=O) groups excluding carboxylic acids is 1. The van der Waals surface area contributed by atoms with E-state index in [2.05, 4.69) is 15.6 Å². The van der Waals surface area contributed by atoms with Crippen LogP contribution in [-0.2, 0) is 11.3 Å². The summed E-state index contributed by atoms with van der Waals surface area (Å²) in [5.41, 5.74) is 0.153. The van der Waals surface area contributed by atoms with E-state index in [1.807, 2.05) is 0 Å². The maximum absolute atomic E-state index is 11.8. The van der Waals surface area contributed by atoms with E-state index in [0.29, 0.717) is 5.75 Å². The van der Waals surface area contributed by atoms with Gasteiger partial charge in [0, 0.05) is 6.20 Å². The Labute approximate surface area is 114 Å². The predicted octanol–water partition coefficient (Wildman–Crippen LogP) is 0.624. The van der Waals surface area contributed by atoms with Gasteiger partial charge >= 0.3 is 5.97 Å². The van der Waals surface area contributed by atoms with Gasteiger partial charge in [-0.1, -0.05) is 5.21 Å². The molecule has 0 unspecified atom stereocenters. The lowest BCUT2D eigenvalue weighted by atomic mass is 10.1. The van der Waals surface area contributed by atoms with Crippen LogP contribution >= 0.6 is 0 Å². The van der Waals surface area contributed by atoms with Gasteiger partial charge in [-0.05, 0) is 18.2 Å². The van der Waals surface area contributed by atoms with Crippen molar-refractivity contribution in [3.05, 3.63) is 36.2 Å². The zero-order chi connectivity index (χ0) is 14.5. The molecule has 0 fully saturated rings. The van der Waals surface area contributed by atoms with Gasteiger partial charge in [0.05, 0.1) is 24.6 Å². The van der Waals surface area contributed by atoms with Gasteiger partial charge in [0.25, 0.3) is 0 Å². The molecule has 0 radical (unpaired) electrons. The fourth-order valence-electron chi connectivity index (χ4n) is 1.59. The smallest absolute Gasteiger partial charge is 0.337 e. The number of rotatable bonds is 5. The Morgan fingerprint density at radius 1 is 1.45 bits per heavy atom. The van der Waals surface area contributed by atoms with Gasteiger partial charge in [0.2, 0.25) is 5.91 Å². The molecule has 1 heterocycles. The number of aromatic carboxylic acids is 1. The van der Waals surface area contributed by atoms with Crippen LogP contribution in [0.15, 0.2) is 30.6 Å². The molecule has 0 atom stereocenters. The highest BCUT2D eigenvalue weighted by atomic mass is 16.5. The van der Waals surface area contributed by atoms with Crippen molar-refractivity contribution in [2.24, 2.45) is 0 Å². The Balaban J connectivity index is 2.16. The number of benzene rings is 1. The first-order valence-electron chi connectivity index (χ1n) is 5.65. The number of methoxy groups -OCH3 is 1. The number of amides is 1. The van der Waals surface area contributed by atoms with Crippen molar-refractivity contribution in [3.8, 4) is 5.75 Å². The lowest BCUT2D eigenvalue weighted by molar-refractivity contribution is -0.116. The van der Waals surface area contributed by atoms with E-state index in [4.69, 9.17) is 9.84 Å². The quantitative estimate of drug-likeness (QED) is 0.829. The summed E-state index contributed by atoms with van der Waals surface area (Å²) in [7, 11) is 1.43. The standard InChI is InChI=1S/C12H12N4O4/c1-20-8-2-3-10(9(6-8)12(18)19)14-11(17)7-16-5-4-13-15-16/h2-6H,7H2,1H3,(H,14,17)(H,18,19). The summed E-state index contributed by atoms with van der Waals surface area (Å²) < 4.78 is 6.28. The molecule has 0 saturated carbocycles. The van der Waals surface area contributed by atoms with E-state index in [9.17, 15) is 9.59 Å². The average molecular weight is 276 g/mol. The third kappa shape index (κ3) is 3.10. The molecule has 0 aliphatic heterocycles. The third-order valence-corrected chi connectivity index (χ3v) is 2.51. The Hall–Kier alpha value is -2.90. The largest absolute Gasteiger partial charge is 0.497 e. The average Bonchev–Trinajstić information content (AvgIpc) is 2.91. The molecule has 1 aromatic heterocycles. The molecular formula is C12H12N4O4. The fraction of sp³-hybridized carbons (Fsp3) is 0.167. The molecule has 8 nitrogen and oxygen atoms in total. The monoisotopic (exact) mass is 276 g/mol. The van der Waals surface area contributed by atoms with E-state index in [0.717, 1.165) is 0 Å². The molecular weight excluding hydrogens is 264 g/mol. The minimum atomic E-state index is -1.15. The second-order valence-corrected chi connectivity index (χ2v) is 3.87. The molecule has 104 valence electrons. The normalized spacial score (nSPS) is 10.1. The highest BCUT2D eigenvalue weighted by molar-refractivity contribution is 6.00. The zero-order valence-corrected chi connectivity index (χ0v) is 10.6. The van der Waals surface area contributed by atoms with Gasteiger partial charge in [-0.2, -0.15) is 0 Å². The number of nitrogens with zero attached hydrogens (tertiary/aromatic N) is 3. The highest BCUT2D eigenvalue weighted by Crippen LogP contribution is 2.22. The van der Waals surface area contributed by atoms with E-state index < -0.39 is 11.9 Å². The van der Waals surface area contributed by atoms with Crippen molar-refractivity contribution in [2.75, 3.05) is 12.4 Å². The Bertz CT molecular complexity index is 624. The van der Waals surface area contributed by atoms with Crippen LogP contribution in [0.5, 0.6) is 5.75 Å². The van der Waals surface area contributed by atoms with Crippen LogP contribution in [-0.4, -0.2) is 39.1 Å². The third-order valence-electron chi connectivity index (χ3n) is 2.51. The Kier molecular flexibility index (Phi) is 3.94. The maximum Gasteiger partial charge on any atom is 0.337 e. The molecule has 2 N–H and O–H groups in total. The minimum Gasteiger partial charge on any atom is -0.497 e. The lowest BCUT2D eigenvalue weighted by Crippen LogP contribution is -2.20. The summed E-state index contributed by atoms with van der Waals surface area (Å²) >= 11 is 0. The fourth-order valence-corrected chi connectivity index (χ4v) is 1.59. The van der Waals surface area contributed by atoms with Crippen LogP contribution in [0.1, 0.15) is 10.4 Å². The van der Waals surface area contributed by atoms with Gasteiger partial charge in [-0.15, -0.1) is 5.10 Å². The summed E-state index contributed by atoms with van der Waals surface area (Å²) in [5, 5.41) is 18.9. The van der Waals surface area contributed by atoms with Crippen molar-refractivity contribution in [3.63, 3.8) is 0 Å². The molecule has 0 saturated heterocycles. The molecule has 1 amide bonds. The van der Waals surface area contributed by atoms with Crippen LogP contribution in [0.4, 0.5) is 5.69 Å². The minimum absolute atomic E-state index is 0.0451. The predicted molar refractivity (Wildman–Crippen MR) is 68.6 cm³/mol. The van der Waals surface area contributed by atoms with Crippen molar-refractivity contribution in [1.82, 2.24) is 15.0 Å². The SMILES string of the molecule is COc1ccc(NC(=O)Cn2ccnn2)c(C(=O)O)c1. The van der Waals surface area contributed by atoms with Crippen molar-refractivity contribution in [1.29, 1.82) is 0 Å². The summed E-state index contributed by atoms with van der Waals surface area (Å²) in [6.07, 6.45) is 2.98. The molecule has 0 aliphatic carbocycles. The first-order valence-corrected chi connectivity index (χ1v) is 5.65. The number of nitrogens with one attached hydrogen (secondary N) is 1. The summed E-state index contributed by atoms with van der Waals surface area (Å²) in [6.45, 7) is -0.0505. The van der Waals surface area contributed by atoms with Crippen LogP contribution in [0.2, 0.25) is 0 Å². The topological polar surface area (TPSA) is 106 Å². The molecule has 8 heteroatoms. The van der Waals surface area contributed by atoms with Crippen LogP contribution in [0, 0.1) is 0 Å². The Morgan fingerprint density at radius 2 is 2.25 bits per heavy atom. The van der Waals surface area contributed by atoms with Gasteiger partial charge < -0.3 is 15.2 Å². The molecule has 20 heavy (non-hydrogen) atoms. The number of ether oxygens (including phenoxy) is 1. The molecule has 0 bridgehead atoms. The van der Waals surface area contributed by atoms with Gasteiger partial charge in [-0.25, -0.2) is 9.48 Å². The zero-order valence-electron chi connectivity index (χ0n) is 10.6. The molecule has 2 rings (SSSR count). The van der Waals surface area contributed by atoms with Crippen molar-refractivity contribution >= 4 is 17.6 Å². The number of hydrogen-bond donors (Lipinski definition) is 2. The summed E-state index contributed by atoms with van der Waals surface area (Å²) in [6, 6.07) is 4.38. The van der Waals surface area contributed by atoms with Crippen LogP contribution < -0.4 is 10.1 Å². The molecule has 1 aromatic carbocycles. The van der Waals surface area contributed by atoms with Crippen molar-refractivity contribution in [2.45, 2.75) is 6.54 Å². The first-order chi connectivity index (χ1) is 9.60. The number of carboxylic acid groups (broad SMARTS) is 1. The Morgan fingerprint density at radius 3 is 2.85 bits per heavy atom. The van der Waals surface area contributed by atoms with Gasteiger partial charge in [0.1, 0.15) is 12.3 Å². The second kappa shape index (κ2) is 5.83. The van der Waals surface area contributed by atoms with E-state index >= 15 is 0 Å². The number of carboxylic acids is 1. The summed E-state index contributed by atoms with van der Waals surface area (Å²) in [4.78, 5) is 22.9. The van der Waals surface area contributed by atoms with Gasteiger partial charge in [0.15, 0.2) is 0 Å². The summed E-state index contributed by atoms with van der Waals surface area (Å²) in [5.74, 6) is -1.15. The molecule has 0 spiro atoms. The van der Waals surface area contributed by atoms with Crippen LogP contribution in [0.25, 0.3) is 0 Å². The van der Waals surface area contributed by atoms with Gasteiger partial charge in [-0.3, -0.25) is 4.79 Å². The number of hydrogen-bond acceptors (Lipinski definition) is 5. The second-order valence-electron chi connectivity index (χ2n) is 3.87. The van der Waals surface area contributed by atoms with E-state index in [1.54, 1.807) is 6.07 Å². The number of anilines is 1. The number of carbonyl (C=O) groups is 2. The molecule has 2 aromatic rings. The van der Waals surface area contributed by atoms with Crippen LogP contribution in [0.3, 0.4) is 0 Å². The first kappa shape index (κ1) is 13.5.